The lowest BCUT2D eigenvalue weighted by Crippen LogP contribution is -2.49. The number of hydrogen-bond donors (Lipinski definition) is 4. The van der Waals surface area contributed by atoms with Crippen LogP contribution in [0.1, 0.15) is 36.9 Å². The van der Waals surface area contributed by atoms with E-state index in [-0.39, 0.29) is 42.4 Å². The zero-order chi connectivity index (χ0) is 25.8. The number of nitrogens with one attached hydrogen (secondary N) is 2. The van der Waals surface area contributed by atoms with Crippen molar-refractivity contribution in [3.05, 3.63) is 46.2 Å². The Morgan fingerprint density at radius 1 is 1.31 bits per heavy atom. The molecular formula is C21H31ClN6O7S. The van der Waals surface area contributed by atoms with E-state index in [0.29, 0.717) is 6.42 Å². The molecule has 0 saturated carbocycles. The number of hydrazone groups is 1. The number of carbonyl (C=O) groups excluding carboxylic acids is 1. The second kappa shape index (κ2) is 12.4. The van der Waals surface area contributed by atoms with Crippen LogP contribution in [0.4, 0.5) is 0 Å². The van der Waals surface area contributed by atoms with Crippen LogP contribution in [0.5, 0.6) is 0 Å². The third-order valence-corrected chi connectivity index (χ3v) is 7.38. The first kappa shape index (κ1) is 29.3. The van der Waals surface area contributed by atoms with Gasteiger partial charge in [0.2, 0.25) is 5.91 Å². The molecule has 5 N–H and O–H groups in total. The summed E-state index contributed by atoms with van der Waals surface area (Å²) in [6.45, 7) is 1.09. The fourth-order valence-electron chi connectivity index (χ4n) is 4.00. The second-order valence-electron chi connectivity index (χ2n) is 8.32. The van der Waals surface area contributed by atoms with Crippen molar-refractivity contribution in [2.24, 2.45) is 10.9 Å². The summed E-state index contributed by atoms with van der Waals surface area (Å²) in [5.41, 5.74) is 1.85. The van der Waals surface area contributed by atoms with Crippen molar-refractivity contribution in [1.29, 1.82) is 0 Å². The van der Waals surface area contributed by atoms with Crippen LogP contribution >= 0.6 is 12.4 Å². The van der Waals surface area contributed by atoms with E-state index >= 15 is 0 Å². The molecule has 2 aliphatic rings. The van der Waals surface area contributed by atoms with Crippen molar-refractivity contribution in [2.75, 3.05) is 27.4 Å². The Bertz CT molecular complexity index is 1110. The molecule has 1 amide bonds. The van der Waals surface area contributed by atoms with Gasteiger partial charge in [0, 0.05) is 20.6 Å². The number of carbonyl (C=O) groups is 2. The number of amides is 1. The van der Waals surface area contributed by atoms with E-state index in [9.17, 15) is 23.1 Å². The molecule has 0 aromatic heterocycles. The van der Waals surface area contributed by atoms with Gasteiger partial charge < -0.3 is 25.9 Å². The van der Waals surface area contributed by atoms with Crippen molar-refractivity contribution in [2.45, 2.75) is 38.0 Å². The van der Waals surface area contributed by atoms with Crippen LogP contribution in [0, 0.1) is 0 Å². The van der Waals surface area contributed by atoms with Gasteiger partial charge in [-0.1, -0.05) is 24.3 Å². The molecule has 2 heterocycles. The van der Waals surface area contributed by atoms with Gasteiger partial charge >= 0.3 is 5.97 Å². The molecule has 3 rings (SSSR count). The van der Waals surface area contributed by atoms with Crippen LogP contribution in [0.3, 0.4) is 0 Å². The molecule has 200 valence electrons. The SMILES string of the molecule is CC1=C(S(=O)(=O)N[C@@H](CNC(=O)C[C@@H]2C[C@H](c3ccc(C=NN)cc3)N(C)O2)C(=O)O)N(C)CO1.Cl. The topological polar surface area (TPSA) is 176 Å². The van der Waals surface area contributed by atoms with Crippen molar-refractivity contribution in [1.82, 2.24) is 20.0 Å². The molecule has 1 saturated heterocycles. The van der Waals surface area contributed by atoms with Gasteiger partial charge in [0.25, 0.3) is 10.0 Å². The number of benzene rings is 1. The number of hydrogen-bond acceptors (Lipinski definition) is 10. The molecule has 0 unspecified atom stereocenters. The molecule has 0 aliphatic carbocycles. The number of hydroxylamine groups is 2. The van der Waals surface area contributed by atoms with E-state index in [4.69, 9.17) is 15.4 Å². The van der Waals surface area contributed by atoms with Gasteiger partial charge in [0.15, 0.2) is 11.8 Å². The number of carboxylic acid groups (broad SMARTS) is 1. The quantitative estimate of drug-likeness (QED) is 0.178. The maximum Gasteiger partial charge on any atom is 0.323 e. The number of sulfonamides is 1. The molecule has 13 nitrogen and oxygen atoms in total. The van der Waals surface area contributed by atoms with Crippen LogP contribution in [-0.2, 0) is 29.2 Å². The lowest BCUT2D eigenvalue weighted by molar-refractivity contribution is -0.152. The standard InChI is InChI=1S/C21H30N6O7S.ClH/c1-13-20(26(2)12-33-13)35(31,32)25-17(21(29)30)11-23-19(28)9-16-8-18(27(3)34-16)15-6-4-14(5-7-15)10-24-22;/h4-7,10,16-18,25H,8-9,11-12,22H2,1-3H3,(H,23,28)(H,29,30);1H/t16-,17-,18+;/m0./s1. The van der Waals surface area contributed by atoms with E-state index in [1.54, 1.807) is 12.1 Å². The highest BCUT2D eigenvalue weighted by molar-refractivity contribution is 7.93. The van der Waals surface area contributed by atoms with E-state index in [2.05, 4.69) is 15.1 Å². The fraction of sp³-hybridized carbons (Fsp3) is 0.476. The number of nitrogens with two attached hydrogens (primary N) is 1. The summed E-state index contributed by atoms with van der Waals surface area (Å²) in [6.07, 6.45) is 1.64. The van der Waals surface area contributed by atoms with Gasteiger partial charge in [0.1, 0.15) is 11.8 Å². The number of nitrogens with zero attached hydrogens (tertiary/aromatic N) is 3. The number of allylic oxidation sites excluding steroid dienone is 1. The van der Waals surface area contributed by atoms with Crippen LogP contribution in [0.15, 0.2) is 40.2 Å². The lowest BCUT2D eigenvalue weighted by atomic mass is 9.99. The summed E-state index contributed by atoms with van der Waals surface area (Å²) in [5, 5.41) is 17.0. The Morgan fingerprint density at radius 2 is 1.97 bits per heavy atom. The molecule has 36 heavy (non-hydrogen) atoms. The fourth-order valence-corrected chi connectivity index (χ4v) is 5.57. The molecule has 1 fully saturated rings. The van der Waals surface area contributed by atoms with E-state index in [0.717, 1.165) is 11.1 Å². The predicted molar refractivity (Wildman–Crippen MR) is 133 cm³/mol. The molecule has 0 spiro atoms. The Morgan fingerprint density at radius 3 is 2.53 bits per heavy atom. The summed E-state index contributed by atoms with van der Waals surface area (Å²) >= 11 is 0. The third kappa shape index (κ3) is 7.07. The van der Waals surface area contributed by atoms with Gasteiger partial charge in [0.05, 0.1) is 24.8 Å². The minimum Gasteiger partial charge on any atom is -0.480 e. The minimum atomic E-state index is -4.17. The summed E-state index contributed by atoms with van der Waals surface area (Å²) < 4.78 is 32.6. The number of carboxylic acids is 1. The van der Waals surface area contributed by atoms with Crippen LogP contribution in [0.2, 0.25) is 0 Å². The average Bonchev–Trinajstić information content (AvgIpc) is 3.32. The maximum absolute atomic E-state index is 12.7. The first-order chi connectivity index (χ1) is 16.5. The molecule has 0 radical (unpaired) electrons. The Hall–Kier alpha value is -2.91. The lowest BCUT2D eigenvalue weighted by Gasteiger charge is -2.19. The van der Waals surface area contributed by atoms with Crippen LogP contribution < -0.4 is 15.9 Å². The molecule has 1 aromatic carbocycles. The zero-order valence-electron chi connectivity index (χ0n) is 20.1. The minimum absolute atomic E-state index is 0. The van der Waals surface area contributed by atoms with Crippen molar-refractivity contribution < 1.29 is 32.7 Å². The zero-order valence-corrected chi connectivity index (χ0v) is 21.7. The smallest absolute Gasteiger partial charge is 0.323 e. The molecular weight excluding hydrogens is 516 g/mol. The maximum atomic E-state index is 12.7. The average molecular weight is 547 g/mol. The Balaban J connectivity index is 0.00000456. The van der Waals surface area contributed by atoms with Crippen LogP contribution in [0.25, 0.3) is 0 Å². The summed E-state index contributed by atoms with van der Waals surface area (Å²) in [7, 11) is -0.890. The van der Waals surface area contributed by atoms with Crippen molar-refractivity contribution in [3.8, 4) is 0 Å². The second-order valence-corrected chi connectivity index (χ2v) is 9.95. The van der Waals surface area contributed by atoms with Gasteiger partial charge in [-0.05, 0) is 24.5 Å². The van der Waals surface area contributed by atoms with E-state index in [1.165, 1.54) is 25.1 Å². The third-order valence-electron chi connectivity index (χ3n) is 5.67. The number of aliphatic carboxylic acids is 1. The number of ether oxygens (including phenoxy) is 1. The molecule has 3 atom stereocenters. The molecule has 1 aromatic rings. The first-order valence-electron chi connectivity index (χ1n) is 10.8. The van der Waals surface area contributed by atoms with Gasteiger partial charge in [-0.15, -0.1) is 12.4 Å². The summed E-state index contributed by atoms with van der Waals surface area (Å²) in [6, 6.07) is 5.97. The van der Waals surface area contributed by atoms with Crippen LogP contribution in [-0.4, -0.2) is 81.1 Å². The number of rotatable bonds is 10. The molecule has 0 bridgehead atoms. The summed E-state index contributed by atoms with van der Waals surface area (Å²) in [4.78, 5) is 31.2. The van der Waals surface area contributed by atoms with Crippen molar-refractivity contribution in [3.63, 3.8) is 0 Å². The first-order valence-corrected chi connectivity index (χ1v) is 12.3. The normalized spacial score (nSPS) is 21.4. The highest BCUT2D eigenvalue weighted by Gasteiger charge is 2.35. The van der Waals surface area contributed by atoms with Crippen molar-refractivity contribution >= 4 is 40.5 Å². The van der Waals surface area contributed by atoms with E-state index in [1.807, 2.05) is 24.3 Å². The predicted octanol–water partition coefficient (Wildman–Crippen LogP) is 0.0652. The Labute approximate surface area is 215 Å². The molecule has 15 heteroatoms. The monoisotopic (exact) mass is 546 g/mol. The summed E-state index contributed by atoms with van der Waals surface area (Å²) in [5.74, 6) is 3.44. The van der Waals surface area contributed by atoms with Gasteiger partial charge in [-0.3, -0.25) is 14.4 Å². The highest BCUT2D eigenvalue weighted by atomic mass is 35.5. The largest absolute Gasteiger partial charge is 0.480 e. The molecule has 2 aliphatic heterocycles. The van der Waals surface area contributed by atoms with Gasteiger partial charge in [-0.2, -0.15) is 14.9 Å². The Kier molecular flexibility index (Phi) is 10.1. The number of halogens is 1. The van der Waals surface area contributed by atoms with E-state index < -0.39 is 40.6 Å². The highest BCUT2D eigenvalue weighted by Crippen LogP contribution is 2.34. The van der Waals surface area contributed by atoms with Gasteiger partial charge in [-0.25, -0.2) is 8.42 Å².